The third kappa shape index (κ3) is 4.42. The van der Waals surface area contributed by atoms with Crippen molar-refractivity contribution in [2.24, 2.45) is 5.92 Å². The van der Waals surface area contributed by atoms with Crippen molar-refractivity contribution in [1.29, 1.82) is 0 Å². The van der Waals surface area contributed by atoms with E-state index in [1.165, 1.54) is 0 Å². The minimum atomic E-state index is -0.737. The summed E-state index contributed by atoms with van der Waals surface area (Å²) in [5, 5.41) is 6.64. The Balaban J connectivity index is 0.00000274. The van der Waals surface area contributed by atoms with Crippen molar-refractivity contribution < 1.29 is 40.3 Å². The zero-order valence-corrected chi connectivity index (χ0v) is 20.0. The van der Waals surface area contributed by atoms with E-state index in [1.807, 2.05) is 6.92 Å². The summed E-state index contributed by atoms with van der Waals surface area (Å²) in [7, 11) is 0. The fourth-order valence-electron chi connectivity index (χ4n) is 4.86. The number of hydrogen-bond donors (Lipinski definition) is 3. The van der Waals surface area contributed by atoms with Crippen LogP contribution in [0.4, 0.5) is 10.6 Å². The minimum Gasteiger partial charge on any atom is -1.00 e. The summed E-state index contributed by atoms with van der Waals surface area (Å²) in [4.78, 5) is 57.4. The van der Waals surface area contributed by atoms with Crippen LogP contribution in [0.25, 0.3) is 11.2 Å². The number of rotatable bonds is 5. The number of aryl methyl sites for hydroxylation is 1. The van der Waals surface area contributed by atoms with Gasteiger partial charge in [0, 0.05) is 31.2 Å². The number of aromatic nitrogens is 5. The van der Waals surface area contributed by atoms with Gasteiger partial charge < -0.3 is 36.0 Å². The molecule has 6 rings (SSSR count). The molecule has 0 saturated carbocycles. The van der Waals surface area contributed by atoms with E-state index in [9.17, 15) is 19.2 Å². The number of hydrogen-bond acceptors (Lipinski definition) is 8. The number of amides is 1. The Morgan fingerprint density at radius 3 is 2.76 bits per heavy atom. The first-order chi connectivity index (χ1) is 15.9. The highest BCUT2D eigenvalue weighted by Crippen LogP contribution is 2.35. The van der Waals surface area contributed by atoms with E-state index in [2.05, 4.69) is 25.4 Å². The van der Waals surface area contributed by atoms with Crippen LogP contribution in [0.15, 0.2) is 26.5 Å². The molecular weight excluding hydrogens is 514 g/mol. The molecule has 3 fully saturated rings. The topological polar surface area (TPSA) is 165 Å². The predicted octanol–water partition coefficient (Wildman–Crippen LogP) is -2.80. The van der Waals surface area contributed by atoms with Gasteiger partial charge in [0.15, 0.2) is 29.6 Å². The zero-order chi connectivity index (χ0) is 23.2. The summed E-state index contributed by atoms with van der Waals surface area (Å²) in [6, 6.07) is 1.70. The molecule has 3 aromatic rings. The molecule has 34 heavy (non-hydrogen) atoms. The molecule has 0 unspecified atom stereocenters. The highest BCUT2D eigenvalue weighted by molar-refractivity contribution is 5.90. The zero-order valence-electron chi connectivity index (χ0n) is 18.4. The van der Waals surface area contributed by atoms with E-state index in [1.54, 1.807) is 6.07 Å². The average molecular weight is 538 g/mol. The van der Waals surface area contributed by atoms with Gasteiger partial charge in [0.2, 0.25) is 0 Å². The summed E-state index contributed by atoms with van der Waals surface area (Å²) >= 11 is 0. The number of carbonyl (C=O) groups excluding carboxylic acids is 2. The van der Waals surface area contributed by atoms with E-state index in [4.69, 9.17) is 9.26 Å². The van der Waals surface area contributed by atoms with Crippen LogP contribution < -0.4 is 33.5 Å². The number of fused-ring (bicyclic) bond motifs is 4. The largest absolute Gasteiger partial charge is 1.00 e. The third-order valence-electron chi connectivity index (χ3n) is 6.59. The second-order valence-electron chi connectivity index (χ2n) is 8.69. The van der Waals surface area contributed by atoms with Gasteiger partial charge in [-0.05, 0) is 0 Å². The Bertz CT molecular complexity index is 1330. The second kappa shape index (κ2) is 9.18. The summed E-state index contributed by atoms with van der Waals surface area (Å²) < 4.78 is 12.4. The van der Waals surface area contributed by atoms with Gasteiger partial charge in [0.25, 0.3) is 11.5 Å². The normalized spacial score (nSPS) is 23.4. The van der Waals surface area contributed by atoms with Crippen LogP contribution >= 0.6 is 0 Å². The van der Waals surface area contributed by atoms with Crippen molar-refractivity contribution in [3.05, 3.63) is 39.0 Å². The Kier molecular flexibility index (Phi) is 6.45. The molecule has 1 amide bonds. The van der Waals surface area contributed by atoms with E-state index < -0.39 is 23.4 Å². The summed E-state index contributed by atoms with van der Waals surface area (Å²) in [6.07, 6.45) is 2.38. The molecule has 2 bridgehead atoms. The first-order valence-corrected chi connectivity index (χ1v) is 10.9. The fourth-order valence-corrected chi connectivity index (χ4v) is 4.86. The van der Waals surface area contributed by atoms with Crippen molar-refractivity contribution >= 4 is 29.0 Å². The fraction of sp³-hybridized carbons (Fsp3) is 0.500. The number of carbonyl (C=O) groups is 2. The van der Waals surface area contributed by atoms with Gasteiger partial charge in [-0.3, -0.25) is 19.6 Å². The number of ether oxygens (including phenoxy) is 1. The van der Waals surface area contributed by atoms with Gasteiger partial charge in [0.05, 0.1) is 13.1 Å². The standard InChI is InChI=1S/C20H23N7O6.BrH/c1-2-12-7-14(25-33-12)22-15(28)9-27-5-3-11(4-6-27)13(8-27)32-20(31)26-10-21-16-17(26)23-19(30)24-18(16)29;/h7,10-11,13H,2-6,8-9H2,1H3,(H2-,22,23,24,25,28,29,30);1H/t11?,13-,27?;/m0./s1. The van der Waals surface area contributed by atoms with Gasteiger partial charge in [0.1, 0.15) is 18.6 Å². The molecule has 14 heteroatoms. The van der Waals surface area contributed by atoms with Crippen molar-refractivity contribution in [1.82, 2.24) is 24.7 Å². The van der Waals surface area contributed by atoms with Gasteiger partial charge in [-0.1, -0.05) is 12.1 Å². The number of nitrogens with one attached hydrogen (secondary N) is 3. The van der Waals surface area contributed by atoms with Crippen molar-refractivity contribution in [3.63, 3.8) is 0 Å². The number of nitrogens with zero attached hydrogens (tertiary/aromatic N) is 4. The third-order valence-corrected chi connectivity index (χ3v) is 6.59. The van der Waals surface area contributed by atoms with Crippen LogP contribution in [0.2, 0.25) is 0 Å². The smallest absolute Gasteiger partial charge is 0.421 e. The van der Waals surface area contributed by atoms with E-state index in [0.29, 0.717) is 29.0 Å². The monoisotopic (exact) mass is 537 g/mol. The maximum Gasteiger partial charge on any atom is 0.421 e. The number of H-pyrrole nitrogens is 2. The molecule has 0 aromatic carbocycles. The molecule has 1 atom stereocenters. The molecule has 3 aliphatic heterocycles. The van der Waals surface area contributed by atoms with Crippen LogP contribution in [0, 0.1) is 5.92 Å². The van der Waals surface area contributed by atoms with Crippen LogP contribution in [-0.4, -0.2) is 73.4 Å². The van der Waals surface area contributed by atoms with Crippen molar-refractivity contribution in [2.75, 3.05) is 31.5 Å². The molecule has 3 N–H and O–H groups in total. The quantitative estimate of drug-likeness (QED) is 0.293. The van der Waals surface area contributed by atoms with Gasteiger partial charge in [-0.2, -0.15) is 0 Å². The number of aromatic amines is 2. The van der Waals surface area contributed by atoms with Crippen LogP contribution in [0.3, 0.4) is 0 Å². The minimum absolute atomic E-state index is 0. The van der Waals surface area contributed by atoms with E-state index in [0.717, 1.165) is 36.8 Å². The lowest BCUT2D eigenvalue weighted by Gasteiger charge is -2.51. The Labute approximate surface area is 202 Å². The molecule has 6 heterocycles. The molecule has 182 valence electrons. The maximum atomic E-state index is 12.8. The Morgan fingerprint density at radius 1 is 1.29 bits per heavy atom. The molecule has 3 saturated heterocycles. The first-order valence-electron chi connectivity index (χ1n) is 10.9. The lowest BCUT2D eigenvalue weighted by molar-refractivity contribution is -0.938. The predicted molar refractivity (Wildman–Crippen MR) is 114 cm³/mol. The first kappa shape index (κ1) is 23.9. The number of quaternary nitrogens is 1. The molecule has 0 spiro atoms. The van der Waals surface area contributed by atoms with E-state index in [-0.39, 0.29) is 46.5 Å². The molecule has 3 aliphatic rings. The van der Waals surface area contributed by atoms with Crippen molar-refractivity contribution in [3.8, 4) is 0 Å². The SMILES string of the molecule is CCc1cc(NC(=O)C[N+]23CCC(CC2)[C@@H](OC(=O)n2cnc4c(=O)[nH]c(=O)[nH]c42)C3)no1.[Br-]. The number of piperidine rings is 3. The molecule has 0 aliphatic carbocycles. The molecule has 13 nitrogen and oxygen atoms in total. The highest BCUT2D eigenvalue weighted by Gasteiger charge is 2.48. The number of halogens is 1. The van der Waals surface area contributed by atoms with Gasteiger partial charge in [-0.15, -0.1) is 0 Å². The number of anilines is 1. The Morgan fingerprint density at radius 2 is 2.06 bits per heavy atom. The molecule has 3 aromatic heterocycles. The second-order valence-corrected chi connectivity index (χ2v) is 8.69. The van der Waals surface area contributed by atoms with Gasteiger partial charge in [-0.25, -0.2) is 19.1 Å². The number of imidazole rings is 1. The lowest BCUT2D eigenvalue weighted by atomic mass is 9.83. The van der Waals surface area contributed by atoms with Crippen LogP contribution in [-0.2, 0) is 16.0 Å². The average Bonchev–Trinajstić information content (AvgIpc) is 3.41. The van der Waals surface area contributed by atoms with Crippen LogP contribution in [0.1, 0.15) is 25.5 Å². The lowest BCUT2D eigenvalue weighted by Crippen LogP contribution is -3.00. The van der Waals surface area contributed by atoms with Crippen molar-refractivity contribution in [2.45, 2.75) is 32.3 Å². The van der Waals surface area contributed by atoms with Crippen LogP contribution in [0.5, 0.6) is 0 Å². The molecular formula is C20H24BrN7O6. The van der Waals surface area contributed by atoms with E-state index >= 15 is 0 Å². The summed E-state index contributed by atoms with van der Waals surface area (Å²) in [5.41, 5.74) is -1.49. The van der Waals surface area contributed by atoms with Gasteiger partial charge >= 0.3 is 11.8 Å². The Hall–Kier alpha value is -3.26. The molecule has 0 radical (unpaired) electrons. The maximum absolute atomic E-state index is 12.8. The summed E-state index contributed by atoms with van der Waals surface area (Å²) in [5.74, 6) is 1.10. The highest BCUT2D eigenvalue weighted by atomic mass is 79.9. The summed E-state index contributed by atoms with van der Waals surface area (Å²) in [6.45, 7) is 4.33.